The Bertz CT molecular complexity index is 342. The molecule has 0 saturated carbocycles. The van der Waals surface area contributed by atoms with Crippen molar-refractivity contribution in [2.45, 2.75) is 19.8 Å². The van der Waals surface area contributed by atoms with Gasteiger partial charge in [-0.1, -0.05) is 24.9 Å². The molecule has 0 unspecified atom stereocenters. The molecular weight excluding hydrogens is 235 g/mol. The van der Waals surface area contributed by atoms with Gasteiger partial charge < -0.3 is 4.74 Å². The summed E-state index contributed by atoms with van der Waals surface area (Å²) in [5.74, 6) is 0. The van der Waals surface area contributed by atoms with Crippen molar-refractivity contribution in [3.05, 3.63) is 28.5 Å². The van der Waals surface area contributed by atoms with Gasteiger partial charge in [0.15, 0.2) is 0 Å². The van der Waals surface area contributed by atoms with Gasteiger partial charge in [0.1, 0.15) is 0 Å². The van der Waals surface area contributed by atoms with E-state index in [4.69, 9.17) is 27.9 Å². The molecule has 0 bridgehead atoms. The molecule has 0 fully saturated rings. The highest BCUT2D eigenvalue weighted by Crippen LogP contribution is 2.15. The molecule has 82 valence electrons. The van der Waals surface area contributed by atoms with E-state index in [1.54, 1.807) is 12.3 Å². The molecule has 3 nitrogen and oxygen atoms in total. The summed E-state index contributed by atoms with van der Waals surface area (Å²) in [6.07, 6.45) is 6.84. The average Bonchev–Trinajstić information content (AvgIpc) is 2.23. The molecule has 0 aliphatic heterocycles. The van der Waals surface area contributed by atoms with Crippen LogP contribution in [-0.4, -0.2) is 16.6 Å². The van der Waals surface area contributed by atoms with Crippen molar-refractivity contribution < 1.29 is 4.74 Å². The van der Waals surface area contributed by atoms with Crippen LogP contribution in [0.4, 0.5) is 0 Å². The van der Waals surface area contributed by atoms with Crippen LogP contribution >= 0.6 is 23.2 Å². The minimum absolute atomic E-state index is 0.174. The van der Waals surface area contributed by atoms with E-state index in [0.717, 1.165) is 12.8 Å². The van der Waals surface area contributed by atoms with E-state index in [9.17, 15) is 0 Å². The average molecular weight is 247 g/mol. The Morgan fingerprint density at radius 2 is 2.27 bits per heavy atom. The van der Waals surface area contributed by atoms with Crippen LogP contribution in [0.15, 0.2) is 12.5 Å². The zero-order valence-corrected chi connectivity index (χ0v) is 9.92. The second kappa shape index (κ2) is 6.64. The summed E-state index contributed by atoms with van der Waals surface area (Å²) in [5.41, 5.74) is 0.563. The number of halogens is 2. The molecule has 0 aliphatic carbocycles. The first-order chi connectivity index (χ1) is 7.24. The van der Waals surface area contributed by atoms with Crippen molar-refractivity contribution in [3.8, 4) is 0 Å². The molecule has 1 rings (SSSR count). The highest BCUT2D eigenvalue weighted by Gasteiger charge is 1.99. The van der Waals surface area contributed by atoms with E-state index in [-0.39, 0.29) is 5.28 Å². The monoisotopic (exact) mass is 246 g/mol. The Morgan fingerprint density at radius 1 is 1.47 bits per heavy atom. The number of aromatic nitrogens is 2. The van der Waals surface area contributed by atoms with Crippen LogP contribution < -0.4 is 0 Å². The lowest BCUT2D eigenvalue weighted by molar-refractivity contribution is 0.246. The molecule has 0 spiro atoms. The fraction of sp³-hybridized carbons (Fsp3) is 0.400. The number of ether oxygens (including phenoxy) is 1. The zero-order valence-electron chi connectivity index (χ0n) is 8.41. The lowest BCUT2D eigenvalue weighted by Crippen LogP contribution is -1.89. The van der Waals surface area contributed by atoms with Gasteiger partial charge in [-0.2, -0.15) is 0 Å². The molecular formula is C10H12Cl2N2O. The number of rotatable bonds is 5. The Hall–Kier alpha value is -0.800. The van der Waals surface area contributed by atoms with E-state index in [2.05, 4.69) is 16.9 Å². The van der Waals surface area contributed by atoms with Gasteiger partial charge in [-0.15, -0.1) is 0 Å². The van der Waals surface area contributed by atoms with Gasteiger partial charge in [-0.05, 0) is 24.1 Å². The summed E-state index contributed by atoms with van der Waals surface area (Å²) in [7, 11) is 0. The van der Waals surface area contributed by atoms with Crippen molar-refractivity contribution in [1.29, 1.82) is 0 Å². The molecule has 0 aliphatic rings. The Labute approximate surface area is 99.1 Å². The lowest BCUT2D eigenvalue weighted by atomic mass is 10.4. The first-order valence-electron chi connectivity index (χ1n) is 4.70. The number of hydrogen-bond donors (Lipinski definition) is 0. The molecule has 1 aromatic heterocycles. The summed E-state index contributed by atoms with van der Waals surface area (Å²) >= 11 is 11.5. The zero-order chi connectivity index (χ0) is 11.1. The smallest absolute Gasteiger partial charge is 0.222 e. The Morgan fingerprint density at radius 3 is 3.00 bits per heavy atom. The van der Waals surface area contributed by atoms with Gasteiger partial charge in [0.05, 0.1) is 29.8 Å². The predicted molar refractivity (Wildman–Crippen MR) is 61.9 cm³/mol. The summed E-state index contributed by atoms with van der Waals surface area (Å²) in [6.45, 7) is 2.80. The van der Waals surface area contributed by atoms with Gasteiger partial charge in [-0.25, -0.2) is 9.97 Å². The van der Waals surface area contributed by atoms with Crippen molar-refractivity contribution in [1.82, 2.24) is 9.97 Å². The van der Waals surface area contributed by atoms with Crippen molar-refractivity contribution >= 4 is 29.3 Å². The second-order valence-electron chi connectivity index (χ2n) is 2.90. The van der Waals surface area contributed by atoms with Crippen LogP contribution in [0.3, 0.4) is 0 Å². The molecule has 0 atom stereocenters. The number of unbranched alkanes of at least 4 members (excludes halogenated alkanes) is 1. The molecule has 15 heavy (non-hydrogen) atoms. The van der Waals surface area contributed by atoms with E-state index < -0.39 is 0 Å². The molecule has 0 amide bonds. The van der Waals surface area contributed by atoms with Gasteiger partial charge >= 0.3 is 0 Å². The predicted octanol–water partition coefficient (Wildman–Crippen LogP) is 3.57. The van der Waals surface area contributed by atoms with E-state index in [1.807, 2.05) is 0 Å². The van der Waals surface area contributed by atoms with Gasteiger partial charge in [0.2, 0.25) is 5.28 Å². The maximum atomic E-state index is 5.85. The van der Waals surface area contributed by atoms with Gasteiger partial charge in [-0.3, -0.25) is 0 Å². The van der Waals surface area contributed by atoms with E-state index in [0.29, 0.717) is 17.3 Å². The SMILES string of the molecule is CCCCO/C=C\c1nc(Cl)ncc1Cl. The number of nitrogens with zero attached hydrogens (tertiary/aromatic N) is 2. The molecule has 1 heterocycles. The molecule has 1 aromatic rings. The topological polar surface area (TPSA) is 35.0 Å². The van der Waals surface area contributed by atoms with Crippen LogP contribution in [0.5, 0.6) is 0 Å². The maximum absolute atomic E-state index is 5.85. The van der Waals surface area contributed by atoms with Crippen molar-refractivity contribution in [2.75, 3.05) is 6.61 Å². The van der Waals surface area contributed by atoms with Crippen LogP contribution in [0.1, 0.15) is 25.5 Å². The fourth-order valence-corrected chi connectivity index (χ4v) is 1.18. The third-order valence-electron chi connectivity index (χ3n) is 1.68. The second-order valence-corrected chi connectivity index (χ2v) is 3.64. The quantitative estimate of drug-likeness (QED) is 0.453. The molecule has 0 saturated heterocycles. The van der Waals surface area contributed by atoms with Crippen LogP contribution in [0.25, 0.3) is 6.08 Å². The summed E-state index contributed by atoms with van der Waals surface area (Å²) < 4.78 is 5.23. The minimum Gasteiger partial charge on any atom is -0.501 e. The van der Waals surface area contributed by atoms with Gasteiger partial charge in [0, 0.05) is 0 Å². The van der Waals surface area contributed by atoms with Crippen LogP contribution in [0, 0.1) is 0 Å². The van der Waals surface area contributed by atoms with Crippen molar-refractivity contribution in [3.63, 3.8) is 0 Å². The summed E-state index contributed by atoms with van der Waals surface area (Å²) in [5, 5.41) is 0.627. The summed E-state index contributed by atoms with van der Waals surface area (Å²) in [6, 6.07) is 0. The van der Waals surface area contributed by atoms with E-state index >= 15 is 0 Å². The highest BCUT2D eigenvalue weighted by molar-refractivity contribution is 6.32. The standard InChI is InChI=1S/C10H12Cl2N2O/c1-2-3-5-15-6-4-9-8(11)7-13-10(12)14-9/h4,6-7H,2-3,5H2,1H3/b6-4-. The Balaban J connectivity index is 2.52. The number of hydrogen-bond acceptors (Lipinski definition) is 3. The maximum Gasteiger partial charge on any atom is 0.222 e. The molecule has 5 heteroatoms. The highest BCUT2D eigenvalue weighted by atomic mass is 35.5. The third kappa shape index (κ3) is 4.49. The minimum atomic E-state index is 0.174. The normalized spacial score (nSPS) is 10.9. The van der Waals surface area contributed by atoms with Crippen LogP contribution in [0.2, 0.25) is 10.3 Å². The van der Waals surface area contributed by atoms with E-state index in [1.165, 1.54) is 6.20 Å². The molecule has 0 aromatic carbocycles. The van der Waals surface area contributed by atoms with Gasteiger partial charge in [0.25, 0.3) is 0 Å². The largest absolute Gasteiger partial charge is 0.501 e. The Kier molecular flexibility index (Phi) is 5.43. The molecule has 0 radical (unpaired) electrons. The summed E-state index contributed by atoms with van der Waals surface area (Å²) in [4.78, 5) is 7.69. The molecule has 0 N–H and O–H groups in total. The van der Waals surface area contributed by atoms with Crippen LogP contribution in [-0.2, 0) is 4.74 Å². The lowest BCUT2D eigenvalue weighted by Gasteiger charge is -1.99. The fourth-order valence-electron chi connectivity index (χ4n) is 0.883. The van der Waals surface area contributed by atoms with Crippen molar-refractivity contribution in [2.24, 2.45) is 0 Å². The third-order valence-corrected chi connectivity index (χ3v) is 2.15. The first kappa shape index (κ1) is 12.3. The first-order valence-corrected chi connectivity index (χ1v) is 5.46.